The van der Waals surface area contributed by atoms with E-state index < -0.39 is 0 Å². The summed E-state index contributed by atoms with van der Waals surface area (Å²) in [6.45, 7) is 23.5. The van der Waals surface area contributed by atoms with E-state index in [-0.39, 0.29) is 37.9 Å². The minimum absolute atomic E-state index is 0.0163. The number of fused-ring (bicyclic) bond motifs is 7. The molecule has 0 N–H and O–H groups in total. The molecule has 2 aliphatic rings. The van der Waals surface area contributed by atoms with Crippen LogP contribution in [0.25, 0.3) is 49.9 Å². The summed E-state index contributed by atoms with van der Waals surface area (Å²) in [5.41, 5.74) is 19.2. The van der Waals surface area contributed by atoms with Crippen molar-refractivity contribution in [1.29, 1.82) is 0 Å². The van der Waals surface area contributed by atoms with Crippen molar-refractivity contribution in [3.8, 4) is 28.1 Å². The molecule has 2 aromatic heterocycles. The first-order valence-corrected chi connectivity index (χ1v) is 20.9. The molecule has 2 aliphatic heterocycles. The molecule has 0 bridgehead atoms. The average molecular weight is 757 g/mol. The van der Waals surface area contributed by atoms with Crippen molar-refractivity contribution in [2.45, 2.75) is 85.5 Å². The molecule has 0 spiro atoms. The normalized spacial score (nSPS) is 13.8. The molecule has 53 heavy (non-hydrogen) atoms. The third-order valence-electron chi connectivity index (χ3n) is 11.9. The van der Waals surface area contributed by atoms with Gasteiger partial charge in [-0.1, -0.05) is 0 Å². The Morgan fingerprint density at radius 3 is 1.96 bits per heavy atom. The van der Waals surface area contributed by atoms with Gasteiger partial charge in [0.1, 0.15) is 0 Å². The van der Waals surface area contributed by atoms with Gasteiger partial charge in [0.05, 0.1) is 0 Å². The van der Waals surface area contributed by atoms with Crippen LogP contribution in [-0.4, -0.2) is 26.2 Å². The van der Waals surface area contributed by atoms with Crippen LogP contribution >= 0.6 is 0 Å². The van der Waals surface area contributed by atoms with E-state index in [0.717, 1.165) is 0 Å². The number of hydrogen-bond acceptors (Lipinski definition) is 0. The summed E-state index contributed by atoms with van der Waals surface area (Å²) in [6, 6.07) is 38.2. The Morgan fingerprint density at radius 1 is 0.604 bits per heavy atom. The molecule has 0 fully saturated rings. The molecule has 0 atom stereocenters. The predicted octanol–water partition coefficient (Wildman–Crippen LogP) is 7.94. The molecule has 0 radical (unpaired) electrons. The Kier molecular flexibility index (Phi) is 7.51. The van der Waals surface area contributed by atoms with Crippen LogP contribution in [0.15, 0.2) is 103 Å². The standard InChI is InChI=1S/C49H50BN2Se/c1-29-14-12-13-15-35(29)40-19-16-30(28-51(40)11)31-22-42-45-44(23-31)53-43-21-18-33(48(5,6)7)26-38(43)50(45)39-27-34(49(8,9)10)25-37-36-24-32(47(2,3)4)17-20-41(36)52(42)46(37)39/h12-28H,1-11H3/q+1. The molecule has 0 unspecified atom stereocenters. The molecule has 4 heterocycles. The predicted molar refractivity (Wildman–Crippen MR) is 230 cm³/mol. The van der Waals surface area contributed by atoms with Gasteiger partial charge in [-0.25, -0.2) is 0 Å². The van der Waals surface area contributed by atoms with Crippen LogP contribution in [0.2, 0.25) is 0 Å². The first-order chi connectivity index (χ1) is 25.0. The van der Waals surface area contributed by atoms with Gasteiger partial charge >= 0.3 is 324 Å². The zero-order valence-electron chi connectivity index (χ0n) is 33.2. The van der Waals surface area contributed by atoms with Gasteiger partial charge in [0.25, 0.3) is 0 Å². The topological polar surface area (TPSA) is 8.81 Å². The van der Waals surface area contributed by atoms with E-state index in [1.165, 1.54) is 97.4 Å². The summed E-state index contributed by atoms with van der Waals surface area (Å²) < 4.78 is 7.97. The van der Waals surface area contributed by atoms with E-state index in [4.69, 9.17) is 0 Å². The van der Waals surface area contributed by atoms with Gasteiger partial charge in [-0.3, -0.25) is 0 Å². The molecular weight excluding hydrogens is 706 g/mol. The Morgan fingerprint density at radius 2 is 1.26 bits per heavy atom. The van der Waals surface area contributed by atoms with E-state index in [2.05, 4.69) is 189 Å². The fourth-order valence-corrected chi connectivity index (χ4v) is 11.2. The van der Waals surface area contributed by atoms with Crippen LogP contribution in [0.5, 0.6) is 0 Å². The Balaban J connectivity index is 1.38. The number of benzene rings is 5. The van der Waals surface area contributed by atoms with Gasteiger partial charge in [-0.05, 0) is 0 Å². The first kappa shape index (κ1) is 34.4. The summed E-state index contributed by atoms with van der Waals surface area (Å²) in [5, 5.41) is 2.74. The van der Waals surface area contributed by atoms with Crippen molar-refractivity contribution in [2.75, 3.05) is 0 Å². The molecule has 0 saturated carbocycles. The Labute approximate surface area is 322 Å². The third-order valence-corrected chi connectivity index (χ3v) is 14.3. The molecule has 0 amide bonds. The second-order valence-electron chi connectivity index (χ2n) is 18.7. The summed E-state index contributed by atoms with van der Waals surface area (Å²) in [5.74, 6) is 0. The molecule has 4 heteroatoms. The zero-order chi connectivity index (χ0) is 37.4. The van der Waals surface area contributed by atoms with Crippen molar-refractivity contribution >= 4 is 68.8 Å². The van der Waals surface area contributed by atoms with Crippen LogP contribution < -0.4 is 29.9 Å². The van der Waals surface area contributed by atoms with Crippen LogP contribution in [0.4, 0.5) is 0 Å². The van der Waals surface area contributed by atoms with Crippen LogP contribution in [0, 0.1) is 6.92 Å². The summed E-state index contributed by atoms with van der Waals surface area (Å²) in [6.07, 6.45) is 2.33. The fourth-order valence-electron chi connectivity index (χ4n) is 8.74. The van der Waals surface area contributed by atoms with Gasteiger partial charge in [0.15, 0.2) is 0 Å². The maximum atomic E-state index is 2.65. The zero-order valence-corrected chi connectivity index (χ0v) is 34.9. The fraction of sp³-hybridized carbons (Fsp3) is 0.286. The Hall–Kier alpha value is -4.37. The molecular formula is C49H50BN2Se+. The third kappa shape index (κ3) is 5.39. The summed E-state index contributed by atoms with van der Waals surface area (Å²) in [4.78, 5) is 0. The number of rotatable bonds is 2. The van der Waals surface area contributed by atoms with Gasteiger partial charge < -0.3 is 0 Å². The molecule has 2 nitrogen and oxygen atoms in total. The van der Waals surface area contributed by atoms with E-state index in [1.54, 1.807) is 0 Å². The maximum absolute atomic E-state index is 2.65. The molecule has 0 aliphatic carbocycles. The van der Waals surface area contributed by atoms with E-state index >= 15 is 0 Å². The Bertz CT molecular complexity index is 2670. The number of nitrogens with zero attached hydrogens (tertiary/aromatic N) is 2. The van der Waals surface area contributed by atoms with Gasteiger partial charge in [-0.15, -0.1) is 0 Å². The quantitative estimate of drug-likeness (QED) is 0.125. The monoisotopic (exact) mass is 757 g/mol. The number of aromatic nitrogens is 2. The van der Waals surface area contributed by atoms with Crippen molar-refractivity contribution in [3.05, 3.63) is 126 Å². The van der Waals surface area contributed by atoms with E-state index in [0.29, 0.717) is 0 Å². The van der Waals surface area contributed by atoms with Crippen LogP contribution in [-0.2, 0) is 23.3 Å². The summed E-state index contributed by atoms with van der Waals surface area (Å²) in [7, 11) is 2.19. The SMILES string of the molecule is Cc1ccccc1-c1ccc(-c2cc3c4c(c2)-n2c5ccc(C(C)(C)C)cc5c5cc(C(C)(C)C)cc(c52)B4c2cc(C(C)(C)C)ccc2[Se]3)c[n+]1C. The molecule has 7 aromatic rings. The molecule has 264 valence electrons. The van der Waals surface area contributed by atoms with Crippen molar-refractivity contribution in [1.82, 2.24) is 4.57 Å². The van der Waals surface area contributed by atoms with Crippen LogP contribution in [0.3, 0.4) is 0 Å². The minimum atomic E-state index is 0.0163. The van der Waals surface area contributed by atoms with Gasteiger partial charge in [-0.2, -0.15) is 0 Å². The van der Waals surface area contributed by atoms with Crippen molar-refractivity contribution < 1.29 is 4.57 Å². The summed E-state index contributed by atoms with van der Waals surface area (Å²) >= 11 is 0.173. The van der Waals surface area contributed by atoms with E-state index in [9.17, 15) is 0 Å². The van der Waals surface area contributed by atoms with E-state index in [1.807, 2.05) is 0 Å². The first-order valence-electron chi connectivity index (χ1n) is 19.2. The van der Waals surface area contributed by atoms with Crippen LogP contribution in [0.1, 0.15) is 84.6 Å². The molecule has 0 saturated heterocycles. The average Bonchev–Trinajstić information content (AvgIpc) is 3.43. The van der Waals surface area contributed by atoms with Gasteiger partial charge in [0.2, 0.25) is 0 Å². The van der Waals surface area contributed by atoms with Gasteiger partial charge in [0, 0.05) is 0 Å². The molecule has 9 rings (SSSR count). The second-order valence-corrected chi connectivity index (χ2v) is 21.0. The molecule has 5 aromatic carbocycles. The number of pyridine rings is 1. The van der Waals surface area contributed by atoms with Crippen molar-refractivity contribution in [3.63, 3.8) is 0 Å². The number of aryl methyl sites for hydroxylation is 2. The van der Waals surface area contributed by atoms with Crippen molar-refractivity contribution in [2.24, 2.45) is 7.05 Å². The second kappa shape index (κ2) is 11.6. The number of hydrogen-bond donors (Lipinski definition) is 0.